The van der Waals surface area contributed by atoms with Gasteiger partial charge in [-0.3, -0.25) is 4.18 Å². The van der Waals surface area contributed by atoms with Crippen LogP contribution in [0.15, 0.2) is 41.2 Å². The van der Waals surface area contributed by atoms with Crippen molar-refractivity contribution in [1.29, 1.82) is 0 Å². The van der Waals surface area contributed by atoms with Crippen LogP contribution in [-0.2, 0) is 21.3 Å². The van der Waals surface area contributed by atoms with E-state index in [4.69, 9.17) is 0 Å². The largest absolute Gasteiger partial charge is 0.523 e. The van der Waals surface area contributed by atoms with Gasteiger partial charge in [0.25, 0.3) is 0 Å². The molecule has 0 unspecified atom stereocenters. The Kier molecular flexibility index (Phi) is 9.83. The molecule has 34 heavy (non-hydrogen) atoms. The van der Waals surface area contributed by atoms with Gasteiger partial charge in [0.1, 0.15) is 5.82 Å². The zero-order chi connectivity index (χ0) is 26.4. The van der Waals surface area contributed by atoms with Gasteiger partial charge in [0.15, 0.2) is 0 Å². The van der Waals surface area contributed by atoms with Crippen molar-refractivity contribution in [1.82, 2.24) is 14.3 Å². The van der Waals surface area contributed by atoms with Gasteiger partial charge < -0.3 is 0 Å². The fourth-order valence-corrected chi connectivity index (χ4v) is 3.11. The second kappa shape index (κ2) is 11.5. The molecule has 0 bridgehead atoms. The van der Waals surface area contributed by atoms with Crippen molar-refractivity contribution in [3.8, 4) is 5.69 Å². The van der Waals surface area contributed by atoms with Gasteiger partial charge in [-0.1, -0.05) is 35.4 Å². The van der Waals surface area contributed by atoms with Gasteiger partial charge in [0.05, 0.1) is 12.8 Å². The molecule has 2 aromatic carbocycles. The number of halogens is 3. The molecule has 0 aliphatic rings. The van der Waals surface area contributed by atoms with Crippen molar-refractivity contribution in [3.63, 3.8) is 0 Å². The maximum atomic E-state index is 11.7. The van der Waals surface area contributed by atoms with Crippen LogP contribution in [0.25, 0.3) is 5.69 Å². The van der Waals surface area contributed by atoms with E-state index >= 15 is 0 Å². The van der Waals surface area contributed by atoms with Crippen LogP contribution in [0.4, 0.5) is 13.2 Å². The first-order valence-electron chi connectivity index (χ1n) is 10.1. The Hall–Kier alpha value is -2.92. The number of rotatable bonds is 2. The molecule has 3 aromatic rings. The fraction of sp³-hybridized carbons (Fsp3) is 0.391. The molecule has 0 N–H and O–H groups in total. The number of aryl methyl sites for hydroxylation is 6. The Balaban J connectivity index is 0.000000268. The van der Waals surface area contributed by atoms with Crippen LogP contribution in [-0.4, -0.2) is 35.4 Å². The van der Waals surface area contributed by atoms with Gasteiger partial charge in [0.2, 0.25) is 0 Å². The molecule has 11 heteroatoms. The third-order valence-electron chi connectivity index (χ3n) is 4.95. The molecule has 7 nitrogen and oxygen atoms in total. The Bertz CT molecular complexity index is 1250. The third-order valence-corrected chi connectivity index (χ3v) is 5.96. The van der Waals surface area contributed by atoms with Crippen LogP contribution in [0.1, 0.15) is 33.6 Å². The lowest BCUT2D eigenvalue weighted by atomic mass is 10.0. The lowest BCUT2D eigenvalue weighted by Crippen LogP contribution is -2.23. The predicted molar refractivity (Wildman–Crippen MR) is 126 cm³/mol. The van der Waals surface area contributed by atoms with E-state index in [1.807, 2.05) is 38.1 Å². The van der Waals surface area contributed by atoms with E-state index < -0.39 is 15.6 Å². The molecular weight excluding hydrogens is 471 g/mol. The van der Waals surface area contributed by atoms with Crippen molar-refractivity contribution < 1.29 is 25.8 Å². The van der Waals surface area contributed by atoms with Gasteiger partial charge in [-0.2, -0.15) is 26.7 Å². The summed E-state index contributed by atoms with van der Waals surface area (Å²) in [6, 6.07) is 12.3. The lowest BCUT2D eigenvalue weighted by Gasteiger charge is -2.04. The van der Waals surface area contributed by atoms with Gasteiger partial charge in [-0.25, -0.2) is 14.0 Å². The van der Waals surface area contributed by atoms with Crippen molar-refractivity contribution in [3.05, 3.63) is 80.5 Å². The topological polar surface area (TPSA) is 83.2 Å². The summed E-state index contributed by atoms with van der Waals surface area (Å²) in [6.45, 7) is 12.5. The lowest BCUT2D eigenvalue weighted by molar-refractivity contribution is -0.0526. The molecular formula is C23H30F3N3O4S. The number of nitrogens with zero attached hydrogens (tertiary/aromatic N) is 3. The molecule has 3 rings (SSSR count). The monoisotopic (exact) mass is 501 g/mol. The minimum Gasteiger partial charge on any atom is -0.267 e. The summed E-state index contributed by atoms with van der Waals surface area (Å²) in [5.74, 6) is 0.700. The van der Waals surface area contributed by atoms with E-state index in [1.54, 1.807) is 11.6 Å². The summed E-state index contributed by atoms with van der Waals surface area (Å²) >= 11 is 0. The first-order valence-corrected chi connectivity index (χ1v) is 11.5. The van der Waals surface area contributed by atoms with E-state index in [2.05, 4.69) is 49.1 Å². The summed E-state index contributed by atoms with van der Waals surface area (Å²) in [7, 11) is -3.24. The number of hydrogen-bond acceptors (Lipinski definition) is 5. The van der Waals surface area contributed by atoms with Crippen molar-refractivity contribution >= 4 is 10.1 Å². The Morgan fingerprint density at radius 2 is 1.35 bits per heavy atom. The van der Waals surface area contributed by atoms with Gasteiger partial charge in [-0.15, -0.1) is 0 Å². The fourth-order valence-electron chi connectivity index (χ4n) is 2.93. The highest BCUT2D eigenvalue weighted by Crippen LogP contribution is 2.23. The van der Waals surface area contributed by atoms with Crippen LogP contribution >= 0.6 is 0 Å². The average molecular weight is 502 g/mol. The summed E-state index contributed by atoms with van der Waals surface area (Å²) in [4.78, 5) is 11.7. The number of aromatic nitrogens is 3. The van der Waals surface area contributed by atoms with E-state index in [1.165, 1.54) is 32.5 Å². The first-order chi connectivity index (χ1) is 15.5. The van der Waals surface area contributed by atoms with Crippen LogP contribution < -0.4 is 5.69 Å². The van der Waals surface area contributed by atoms with Crippen LogP contribution in [0.3, 0.4) is 0 Å². The highest BCUT2D eigenvalue weighted by molar-refractivity contribution is 7.87. The number of benzene rings is 2. The normalized spacial score (nSPS) is 11.3. The summed E-state index contributed by atoms with van der Waals surface area (Å²) in [5.41, 5.74) is 2.20. The second-order valence-electron chi connectivity index (χ2n) is 7.71. The maximum Gasteiger partial charge on any atom is 0.523 e. The zero-order valence-corrected chi connectivity index (χ0v) is 21.3. The maximum absolute atomic E-state index is 11.7. The molecule has 0 saturated carbocycles. The molecule has 0 fully saturated rings. The van der Waals surface area contributed by atoms with Crippen LogP contribution in [0.2, 0.25) is 0 Å². The summed E-state index contributed by atoms with van der Waals surface area (Å²) in [5, 5.41) is 4.08. The molecule has 0 aliphatic heterocycles. The number of alkyl halides is 3. The van der Waals surface area contributed by atoms with Crippen LogP contribution in [0, 0.1) is 41.5 Å². The van der Waals surface area contributed by atoms with Crippen molar-refractivity contribution in [2.75, 3.05) is 7.11 Å². The van der Waals surface area contributed by atoms with Gasteiger partial charge in [0, 0.05) is 7.05 Å². The zero-order valence-electron chi connectivity index (χ0n) is 20.5. The van der Waals surface area contributed by atoms with E-state index in [-0.39, 0.29) is 5.69 Å². The SMILES string of the molecule is COS(=O)(=O)C(F)(F)F.Cc1cc(C)c(C)c(C)c1.Cc1ccc(-n2c(C)nn(C)c2=O)cc1. The molecule has 1 aromatic heterocycles. The molecule has 0 atom stereocenters. The molecule has 0 saturated heterocycles. The highest BCUT2D eigenvalue weighted by Gasteiger charge is 2.46. The smallest absolute Gasteiger partial charge is 0.267 e. The minimum atomic E-state index is -5.34. The predicted octanol–water partition coefficient (Wildman–Crippen LogP) is 4.59. The Morgan fingerprint density at radius 3 is 1.68 bits per heavy atom. The van der Waals surface area contributed by atoms with Gasteiger partial charge >= 0.3 is 21.3 Å². The standard InChI is InChI=1S/C11H13N3O.C10H14.C2H3F3O3S/c1-8-4-6-10(7-5-8)14-9(2)12-13(3)11(14)15;1-7-5-8(2)10(4)9(3)6-7;1-8-9(6,7)2(3,4)5/h4-7H,1-3H3;5-6H,1-4H3;1H3. The molecule has 0 spiro atoms. The quantitative estimate of drug-likeness (QED) is 0.379. The van der Waals surface area contributed by atoms with Crippen molar-refractivity contribution in [2.45, 2.75) is 47.1 Å². The van der Waals surface area contributed by atoms with Gasteiger partial charge in [-0.05, 0) is 70.4 Å². The van der Waals surface area contributed by atoms with Crippen molar-refractivity contribution in [2.24, 2.45) is 7.05 Å². The molecule has 0 radical (unpaired) electrons. The molecule has 188 valence electrons. The summed E-state index contributed by atoms with van der Waals surface area (Å²) < 4.78 is 58.8. The van der Waals surface area contributed by atoms with E-state index in [9.17, 15) is 26.4 Å². The van der Waals surface area contributed by atoms with E-state index in [0.29, 0.717) is 12.9 Å². The molecule has 1 heterocycles. The average Bonchev–Trinajstić information content (AvgIpc) is 2.98. The highest BCUT2D eigenvalue weighted by atomic mass is 32.2. The Morgan fingerprint density at radius 1 is 0.882 bits per heavy atom. The summed E-state index contributed by atoms with van der Waals surface area (Å²) in [6.07, 6.45) is 0. The third kappa shape index (κ3) is 7.56. The molecule has 0 aliphatic carbocycles. The number of hydrogen-bond donors (Lipinski definition) is 0. The second-order valence-corrected chi connectivity index (χ2v) is 9.42. The van der Waals surface area contributed by atoms with Crippen LogP contribution in [0.5, 0.6) is 0 Å². The first kappa shape index (κ1) is 29.1. The molecule has 0 amide bonds. The van der Waals surface area contributed by atoms with E-state index in [0.717, 1.165) is 5.69 Å². The minimum absolute atomic E-state index is 0.114. The Labute approximate surface area is 197 Å².